The van der Waals surface area contributed by atoms with Crippen LogP contribution in [-0.4, -0.2) is 10.7 Å². The molecule has 0 aliphatic heterocycles. The van der Waals surface area contributed by atoms with Crippen LogP contribution in [0.3, 0.4) is 0 Å². The molecular weight excluding hydrogens is 87.0 g/mol. The van der Waals surface area contributed by atoms with E-state index in [1.54, 1.807) is 0 Å². The molecule has 1 aliphatic carbocycles. The molecule has 0 saturated heterocycles. The molecule has 0 unspecified atom stereocenters. The van der Waals surface area contributed by atoms with Crippen LogP contribution in [-0.2, 0) is 0 Å². The zero-order chi connectivity index (χ0) is 3.91. The van der Waals surface area contributed by atoms with Crippen LogP contribution in [0.1, 0.15) is 19.8 Å². The monoisotopic (exact) mass is 95.0 g/mol. The van der Waals surface area contributed by atoms with E-state index in [1.165, 1.54) is 0 Å². The zero-order valence-corrected chi connectivity index (χ0v) is 6.36. The van der Waals surface area contributed by atoms with Crippen molar-refractivity contribution in [3.63, 3.8) is 0 Å². The van der Waals surface area contributed by atoms with Crippen LogP contribution in [0, 0.1) is 0 Å². The number of hydrogen-bond donors (Lipinski definition) is 1. The Labute approximate surface area is 60.0 Å². The van der Waals surface area contributed by atoms with E-state index >= 15 is 0 Å². The molecule has 0 radical (unpaired) electrons. The molecule has 0 aromatic rings. The van der Waals surface area contributed by atoms with E-state index in [0.717, 1.165) is 12.8 Å². The summed E-state index contributed by atoms with van der Waals surface area (Å²) in [5.74, 6) is 0. The molecule has 1 saturated carbocycles. The molecule has 0 aromatic carbocycles. The normalized spacial score (nSPS) is 25.0. The van der Waals surface area contributed by atoms with Crippen molar-refractivity contribution in [1.82, 2.24) is 0 Å². The molecule has 1 nitrogen and oxygen atoms in total. The first-order chi connectivity index (χ1) is 2.21. The Hall–Kier alpha value is 0.960. The second-order valence-corrected chi connectivity index (χ2v) is 2.00. The van der Waals surface area contributed by atoms with Gasteiger partial charge < -0.3 is 5.11 Å². The molecule has 0 bridgehead atoms. The standard InChI is InChI=1S/C4H8O.Na/c1-4(5)2-3-4;/h5H,2-3H2,1H3;/q;+1. The molecule has 1 fully saturated rings. The Bertz CT molecular complexity index is 45.5. The van der Waals surface area contributed by atoms with Crippen molar-refractivity contribution in [1.29, 1.82) is 0 Å². The molecule has 0 amide bonds. The van der Waals surface area contributed by atoms with Crippen molar-refractivity contribution in [3.8, 4) is 0 Å². The first kappa shape index (κ1) is 6.96. The Morgan fingerprint density at radius 2 is 1.67 bits per heavy atom. The van der Waals surface area contributed by atoms with Crippen LogP contribution in [0.5, 0.6) is 0 Å². The SMILES string of the molecule is CC1(O)CC1.[Na+]. The summed E-state index contributed by atoms with van der Waals surface area (Å²) in [6.45, 7) is 1.85. The fourth-order valence-corrected chi connectivity index (χ4v) is 0.181. The third-order valence-electron chi connectivity index (χ3n) is 0.974. The molecule has 2 heteroatoms. The molecule has 1 rings (SSSR count). The molecule has 1 N–H and O–H groups in total. The predicted octanol–water partition coefficient (Wildman–Crippen LogP) is -2.46. The average Bonchev–Trinajstić information content (AvgIpc) is 1.76. The maximum atomic E-state index is 8.63. The van der Waals surface area contributed by atoms with Gasteiger partial charge >= 0.3 is 29.6 Å². The van der Waals surface area contributed by atoms with Crippen molar-refractivity contribution in [2.75, 3.05) is 0 Å². The Morgan fingerprint density at radius 3 is 1.67 bits per heavy atom. The van der Waals surface area contributed by atoms with Gasteiger partial charge in [0.25, 0.3) is 0 Å². The van der Waals surface area contributed by atoms with Gasteiger partial charge in [-0.25, -0.2) is 0 Å². The molecule has 0 spiro atoms. The quantitative estimate of drug-likeness (QED) is 0.331. The fourth-order valence-electron chi connectivity index (χ4n) is 0.181. The fraction of sp³-hybridized carbons (Fsp3) is 1.00. The second-order valence-electron chi connectivity index (χ2n) is 2.00. The molecule has 1 aliphatic rings. The van der Waals surface area contributed by atoms with Gasteiger partial charge in [0.2, 0.25) is 0 Å². The van der Waals surface area contributed by atoms with E-state index in [1.807, 2.05) is 6.92 Å². The third kappa shape index (κ3) is 2.19. The van der Waals surface area contributed by atoms with Crippen molar-refractivity contribution < 1.29 is 34.7 Å². The van der Waals surface area contributed by atoms with Crippen molar-refractivity contribution >= 4 is 0 Å². The molecule has 0 aromatic heterocycles. The summed E-state index contributed by atoms with van der Waals surface area (Å²) in [5.41, 5.74) is -0.250. The van der Waals surface area contributed by atoms with Crippen LogP contribution in [0.25, 0.3) is 0 Å². The molecule has 6 heavy (non-hydrogen) atoms. The van der Waals surface area contributed by atoms with Gasteiger partial charge in [-0.2, -0.15) is 0 Å². The Balaban J connectivity index is 0.000000250. The van der Waals surface area contributed by atoms with Crippen LogP contribution in [0.2, 0.25) is 0 Å². The van der Waals surface area contributed by atoms with Gasteiger partial charge in [-0.1, -0.05) is 0 Å². The van der Waals surface area contributed by atoms with Gasteiger partial charge in [0.1, 0.15) is 0 Å². The summed E-state index contributed by atoms with van der Waals surface area (Å²) in [6, 6.07) is 0. The van der Waals surface area contributed by atoms with E-state index in [9.17, 15) is 0 Å². The largest absolute Gasteiger partial charge is 1.00 e. The van der Waals surface area contributed by atoms with Crippen LogP contribution in [0.4, 0.5) is 0 Å². The smallest absolute Gasteiger partial charge is 0.390 e. The van der Waals surface area contributed by atoms with Gasteiger partial charge in [-0.3, -0.25) is 0 Å². The summed E-state index contributed by atoms with van der Waals surface area (Å²) in [4.78, 5) is 0. The summed E-state index contributed by atoms with van der Waals surface area (Å²) in [5, 5.41) is 8.63. The minimum absolute atomic E-state index is 0. The van der Waals surface area contributed by atoms with E-state index in [-0.39, 0.29) is 35.2 Å². The maximum absolute atomic E-state index is 8.63. The number of rotatable bonds is 0. The predicted molar refractivity (Wildman–Crippen MR) is 19.9 cm³/mol. The van der Waals surface area contributed by atoms with Gasteiger partial charge in [0.05, 0.1) is 5.60 Å². The van der Waals surface area contributed by atoms with Crippen molar-refractivity contribution in [2.45, 2.75) is 25.4 Å². The van der Waals surface area contributed by atoms with Gasteiger partial charge in [-0.05, 0) is 19.8 Å². The van der Waals surface area contributed by atoms with E-state index in [2.05, 4.69) is 0 Å². The topological polar surface area (TPSA) is 20.2 Å². The molecule has 0 atom stereocenters. The maximum Gasteiger partial charge on any atom is 1.00 e. The van der Waals surface area contributed by atoms with Crippen LogP contribution >= 0.6 is 0 Å². The summed E-state index contributed by atoms with van der Waals surface area (Å²) < 4.78 is 0. The third-order valence-corrected chi connectivity index (χ3v) is 0.974. The van der Waals surface area contributed by atoms with Crippen molar-refractivity contribution in [2.24, 2.45) is 0 Å². The van der Waals surface area contributed by atoms with E-state index in [4.69, 9.17) is 5.11 Å². The van der Waals surface area contributed by atoms with E-state index in [0.29, 0.717) is 0 Å². The minimum atomic E-state index is -0.250. The first-order valence-corrected chi connectivity index (χ1v) is 1.93. The van der Waals surface area contributed by atoms with Crippen LogP contribution in [0.15, 0.2) is 0 Å². The Morgan fingerprint density at radius 1 is 1.50 bits per heavy atom. The van der Waals surface area contributed by atoms with Gasteiger partial charge in [0, 0.05) is 0 Å². The second kappa shape index (κ2) is 1.83. The Kier molecular flexibility index (Phi) is 2.12. The van der Waals surface area contributed by atoms with Gasteiger partial charge in [-0.15, -0.1) is 0 Å². The summed E-state index contributed by atoms with van der Waals surface area (Å²) >= 11 is 0. The van der Waals surface area contributed by atoms with E-state index < -0.39 is 0 Å². The number of hydrogen-bond acceptors (Lipinski definition) is 1. The molecule has 30 valence electrons. The number of aliphatic hydroxyl groups is 1. The molecular formula is C4H8NaO+. The molecule has 0 heterocycles. The first-order valence-electron chi connectivity index (χ1n) is 1.93. The summed E-state index contributed by atoms with van der Waals surface area (Å²) in [6.07, 6.45) is 2.01. The summed E-state index contributed by atoms with van der Waals surface area (Å²) in [7, 11) is 0. The average molecular weight is 95.1 g/mol. The minimum Gasteiger partial charge on any atom is -0.390 e. The van der Waals surface area contributed by atoms with Crippen molar-refractivity contribution in [3.05, 3.63) is 0 Å². The van der Waals surface area contributed by atoms with Gasteiger partial charge in [0.15, 0.2) is 0 Å². The zero-order valence-electron chi connectivity index (χ0n) is 4.36. The van der Waals surface area contributed by atoms with Crippen LogP contribution < -0.4 is 29.6 Å².